The van der Waals surface area contributed by atoms with E-state index >= 15 is 0 Å². The first-order valence-corrected chi connectivity index (χ1v) is 6.22. The number of fused-ring (bicyclic) bond motifs is 1. The number of hydrogen-bond donors (Lipinski definition) is 0. The molecule has 5 nitrogen and oxygen atoms in total. The SMILES string of the molecule is COCCn1cc(C(=O)OC)c2cccc(OC(F)F)c21. The fraction of sp³-hybridized carbons (Fsp3) is 0.357. The molecule has 21 heavy (non-hydrogen) atoms. The number of aromatic nitrogens is 1. The molecule has 0 fully saturated rings. The lowest BCUT2D eigenvalue weighted by molar-refractivity contribution is -0.0490. The maximum atomic E-state index is 12.5. The molecule has 1 aromatic carbocycles. The minimum Gasteiger partial charge on any atom is -0.465 e. The molecule has 0 amide bonds. The molecular formula is C14H15F2NO4. The highest BCUT2D eigenvalue weighted by atomic mass is 19.3. The number of benzene rings is 1. The number of methoxy groups -OCH3 is 2. The summed E-state index contributed by atoms with van der Waals surface area (Å²) >= 11 is 0. The van der Waals surface area contributed by atoms with Gasteiger partial charge in [-0.25, -0.2) is 4.79 Å². The van der Waals surface area contributed by atoms with Gasteiger partial charge in [0.1, 0.15) is 5.75 Å². The monoisotopic (exact) mass is 299 g/mol. The van der Waals surface area contributed by atoms with Crippen LogP contribution in [0.4, 0.5) is 8.78 Å². The molecule has 0 aliphatic heterocycles. The van der Waals surface area contributed by atoms with Crippen LogP contribution >= 0.6 is 0 Å². The number of nitrogens with zero attached hydrogens (tertiary/aromatic N) is 1. The average molecular weight is 299 g/mol. The molecule has 7 heteroatoms. The van der Waals surface area contributed by atoms with Gasteiger partial charge < -0.3 is 18.8 Å². The van der Waals surface area contributed by atoms with Gasteiger partial charge in [0.2, 0.25) is 0 Å². The molecule has 114 valence electrons. The molecule has 2 rings (SSSR count). The third kappa shape index (κ3) is 3.13. The zero-order chi connectivity index (χ0) is 15.4. The fourth-order valence-electron chi connectivity index (χ4n) is 2.16. The third-order valence-corrected chi connectivity index (χ3v) is 3.02. The second-order valence-electron chi connectivity index (χ2n) is 4.25. The highest BCUT2D eigenvalue weighted by molar-refractivity contribution is 6.05. The Morgan fingerprint density at radius 1 is 1.33 bits per heavy atom. The van der Waals surface area contributed by atoms with E-state index < -0.39 is 12.6 Å². The Balaban J connectivity index is 2.60. The summed E-state index contributed by atoms with van der Waals surface area (Å²) in [7, 11) is 2.80. The Morgan fingerprint density at radius 3 is 2.71 bits per heavy atom. The predicted molar refractivity (Wildman–Crippen MR) is 71.8 cm³/mol. The summed E-state index contributed by atoms with van der Waals surface area (Å²) in [5, 5.41) is 0.496. The second kappa shape index (κ2) is 6.53. The van der Waals surface area contributed by atoms with E-state index in [1.165, 1.54) is 20.3 Å². The molecule has 1 aromatic heterocycles. The predicted octanol–water partition coefficient (Wildman–Crippen LogP) is 2.68. The molecule has 0 N–H and O–H groups in total. The van der Waals surface area contributed by atoms with Gasteiger partial charge in [0.15, 0.2) is 0 Å². The van der Waals surface area contributed by atoms with Crippen LogP contribution in [0.2, 0.25) is 0 Å². The van der Waals surface area contributed by atoms with Gasteiger partial charge in [-0.15, -0.1) is 0 Å². The Kier molecular flexibility index (Phi) is 4.74. The molecule has 0 aliphatic rings. The van der Waals surface area contributed by atoms with E-state index in [0.29, 0.717) is 29.6 Å². The highest BCUT2D eigenvalue weighted by Gasteiger charge is 2.19. The van der Waals surface area contributed by atoms with Crippen molar-refractivity contribution in [2.45, 2.75) is 13.2 Å². The van der Waals surface area contributed by atoms with Crippen molar-refractivity contribution in [1.82, 2.24) is 4.57 Å². The van der Waals surface area contributed by atoms with Gasteiger partial charge in [-0.2, -0.15) is 8.78 Å². The van der Waals surface area contributed by atoms with E-state index in [-0.39, 0.29) is 5.75 Å². The zero-order valence-electron chi connectivity index (χ0n) is 11.6. The van der Waals surface area contributed by atoms with Crippen LogP contribution in [0.15, 0.2) is 24.4 Å². The van der Waals surface area contributed by atoms with E-state index in [9.17, 15) is 13.6 Å². The van der Waals surface area contributed by atoms with Gasteiger partial charge in [0.25, 0.3) is 0 Å². The van der Waals surface area contributed by atoms with Crippen LogP contribution in [0, 0.1) is 0 Å². The number of alkyl halides is 2. The van der Waals surface area contributed by atoms with Crippen LogP contribution in [0.5, 0.6) is 5.75 Å². The normalized spacial score (nSPS) is 11.1. The maximum absolute atomic E-state index is 12.5. The van der Waals surface area contributed by atoms with Crippen LogP contribution in [-0.2, 0) is 16.0 Å². The number of esters is 1. The Labute approximate surface area is 120 Å². The number of carbonyl (C=O) groups is 1. The number of hydrogen-bond acceptors (Lipinski definition) is 4. The van der Waals surface area contributed by atoms with Crippen molar-refractivity contribution in [3.63, 3.8) is 0 Å². The number of halogens is 2. The number of rotatable bonds is 6. The first-order valence-electron chi connectivity index (χ1n) is 6.22. The van der Waals surface area contributed by atoms with Crippen LogP contribution in [0.3, 0.4) is 0 Å². The average Bonchev–Trinajstić information content (AvgIpc) is 2.83. The first kappa shape index (κ1) is 15.2. The van der Waals surface area contributed by atoms with Gasteiger partial charge in [-0.05, 0) is 6.07 Å². The summed E-state index contributed by atoms with van der Waals surface area (Å²) in [6, 6.07) is 4.63. The van der Waals surface area contributed by atoms with Crippen molar-refractivity contribution < 1.29 is 27.8 Å². The quantitative estimate of drug-likeness (QED) is 0.770. The second-order valence-corrected chi connectivity index (χ2v) is 4.25. The Hall–Kier alpha value is -2.15. The summed E-state index contributed by atoms with van der Waals surface area (Å²) in [6.45, 7) is -2.18. The molecular weight excluding hydrogens is 284 g/mol. The molecule has 0 unspecified atom stereocenters. The van der Waals surface area contributed by atoms with E-state index in [2.05, 4.69) is 4.74 Å². The minimum atomic E-state index is -2.94. The lowest BCUT2D eigenvalue weighted by atomic mass is 10.1. The molecule has 0 atom stereocenters. The molecule has 0 aliphatic carbocycles. The van der Waals surface area contributed by atoms with Crippen molar-refractivity contribution in [2.75, 3.05) is 20.8 Å². The largest absolute Gasteiger partial charge is 0.465 e. The Bertz CT molecular complexity index is 639. The van der Waals surface area contributed by atoms with Crippen LogP contribution < -0.4 is 4.74 Å². The van der Waals surface area contributed by atoms with Crippen molar-refractivity contribution in [3.05, 3.63) is 30.0 Å². The summed E-state index contributed by atoms with van der Waals surface area (Å²) in [6.07, 6.45) is 1.55. The standard InChI is InChI=1S/C14H15F2NO4/c1-19-7-6-17-8-10(13(18)20-2)9-4-3-5-11(12(9)17)21-14(15)16/h3-5,8,14H,6-7H2,1-2H3. The molecule has 0 saturated carbocycles. The van der Waals surface area contributed by atoms with Crippen molar-refractivity contribution in [2.24, 2.45) is 0 Å². The molecule has 2 aromatic rings. The lowest BCUT2D eigenvalue weighted by Gasteiger charge is -2.10. The summed E-state index contributed by atoms with van der Waals surface area (Å²) < 4.78 is 40.9. The zero-order valence-corrected chi connectivity index (χ0v) is 11.6. The molecule has 0 spiro atoms. The third-order valence-electron chi connectivity index (χ3n) is 3.02. The van der Waals surface area contributed by atoms with Gasteiger partial charge in [-0.3, -0.25) is 0 Å². The van der Waals surface area contributed by atoms with Crippen molar-refractivity contribution in [3.8, 4) is 5.75 Å². The van der Waals surface area contributed by atoms with Crippen LogP contribution in [0.25, 0.3) is 10.9 Å². The van der Waals surface area contributed by atoms with Gasteiger partial charge >= 0.3 is 12.6 Å². The number of ether oxygens (including phenoxy) is 3. The van der Waals surface area contributed by atoms with Gasteiger partial charge in [-0.1, -0.05) is 12.1 Å². The fourth-order valence-corrected chi connectivity index (χ4v) is 2.16. The molecule has 0 bridgehead atoms. The molecule has 0 radical (unpaired) electrons. The summed E-state index contributed by atoms with van der Waals surface area (Å²) in [5.41, 5.74) is 0.707. The van der Waals surface area contributed by atoms with E-state index in [4.69, 9.17) is 9.47 Å². The Morgan fingerprint density at radius 2 is 2.10 bits per heavy atom. The van der Waals surface area contributed by atoms with E-state index in [1.54, 1.807) is 22.9 Å². The highest BCUT2D eigenvalue weighted by Crippen LogP contribution is 2.31. The van der Waals surface area contributed by atoms with Crippen LogP contribution in [0.1, 0.15) is 10.4 Å². The summed E-state index contributed by atoms with van der Waals surface area (Å²) in [5.74, 6) is -0.529. The molecule has 0 saturated heterocycles. The van der Waals surface area contributed by atoms with E-state index in [1.807, 2.05) is 0 Å². The minimum absolute atomic E-state index is 0.00811. The maximum Gasteiger partial charge on any atom is 0.387 e. The molecule has 1 heterocycles. The van der Waals surface area contributed by atoms with Crippen molar-refractivity contribution >= 4 is 16.9 Å². The smallest absolute Gasteiger partial charge is 0.387 e. The summed E-state index contributed by atoms with van der Waals surface area (Å²) in [4.78, 5) is 11.8. The van der Waals surface area contributed by atoms with Crippen LogP contribution in [-0.4, -0.2) is 38.0 Å². The first-order chi connectivity index (χ1) is 10.1. The number of para-hydroxylation sites is 1. The van der Waals surface area contributed by atoms with Crippen molar-refractivity contribution in [1.29, 1.82) is 0 Å². The topological polar surface area (TPSA) is 49.7 Å². The lowest BCUT2D eigenvalue weighted by Crippen LogP contribution is -2.06. The van der Waals surface area contributed by atoms with E-state index in [0.717, 1.165) is 0 Å². The number of carbonyl (C=O) groups excluding carboxylic acids is 1. The van der Waals surface area contributed by atoms with Gasteiger partial charge in [0, 0.05) is 25.2 Å². The van der Waals surface area contributed by atoms with Gasteiger partial charge in [0.05, 0.1) is 24.8 Å².